The number of hydrogen-bond acceptors (Lipinski definition) is 5. The number of ether oxygens (including phenoxy) is 1. The molecule has 126 valence electrons. The average Bonchev–Trinajstić information content (AvgIpc) is 3.12. The molecule has 2 aliphatic heterocycles. The van der Waals surface area contributed by atoms with Gasteiger partial charge in [-0.25, -0.2) is 9.97 Å². The largest absolute Gasteiger partial charge is 0.378 e. The van der Waals surface area contributed by atoms with Gasteiger partial charge < -0.3 is 14.5 Å². The second kappa shape index (κ2) is 6.95. The van der Waals surface area contributed by atoms with Crippen molar-refractivity contribution < 1.29 is 4.74 Å². The minimum absolute atomic E-state index is 0.283. The van der Waals surface area contributed by atoms with Gasteiger partial charge in [0.05, 0.1) is 19.3 Å². The highest BCUT2D eigenvalue weighted by Gasteiger charge is 2.29. The van der Waals surface area contributed by atoms with E-state index >= 15 is 0 Å². The molecule has 1 atom stereocenters. The fraction of sp³-hybridized carbons (Fsp3) is 0.444. The summed E-state index contributed by atoms with van der Waals surface area (Å²) in [5.41, 5.74) is 1.18. The predicted octanol–water partition coefficient (Wildman–Crippen LogP) is 3.31. The number of benzene rings is 1. The van der Waals surface area contributed by atoms with Crippen LogP contribution in [0.5, 0.6) is 0 Å². The third-order valence-electron chi connectivity index (χ3n) is 4.78. The molecule has 6 heteroatoms. The Labute approximate surface area is 147 Å². The molecule has 4 rings (SSSR count). The number of aromatic nitrogens is 2. The van der Waals surface area contributed by atoms with Crippen LogP contribution in [-0.2, 0) is 4.74 Å². The van der Waals surface area contributed by atoms with Gasteiger partial charge in [0.1, 0.15) is 18.0 Å². The molecule has 24 heavy (non-hydrogen) atoms. The minimum Gasteiger partial charge on any atom is -0.378 e. The van der Waals surface area contributed by atoms with Crippen LogP contribution in [0.2, 0.25) is 5.02 Å². The quantitative estimate of drug-likeness (QED) is 0.854. The van der Waals surface area contributed by atoms with Crippen LogP contribution in [0.3, 0.4) is 0 Å². The van der Waals surface area contributed by atoms with Crippen molar-refractivity contribution in [3.05, 3.63) is 47.2 Å². The molecule has 2 aliphatic rings. The Balaban J connectivity index is 1.61. The molecular weight excluding hydrogens is 324 g/mol. The molecule has 0 N–H and O–H groups in total. The summed E-state index contributed by atoms with van der Waals surface area (Å²) in [5.74, 6) is 1.96. The van der Waals surface area contributed by atoms with Crippen molar-refractivity contribution in [2.45, 2.75) is 18.9 Å². The Kier molecular flexibility index (Phi) is 4.54. The third kappa shape index (κ3) is 3.06. The van der Waals surface area contributed by atoms with E-state index in [1.54, 1.807) is 6.33 Å². The molecule has 1 unspecified atom stereocenters. The summed E-state index contributed by atoms with van der Waals surface area (Å²) in [5, 5.41) is 0.830. The fourth-order valence-corrected chi connectivity index (χ4v) is 3.83. The molecular formula is C18H21ClN4O. The predicted molar refractivity (Wildman–Crippen MR) is 95.8 cm³/mol. The Bertz CT molecular complexity index is 705. The highest BCUT2D eigenvalue weighted by molar-refractivity contribution is 6.31. The Hall–Kier alpha value is -1.85. The molecule has 0 aliphatic carbocycles. The molecule has 0 spiro atoms. The Morgan fingerprint density at radius 3 is 2.67 bits per heavy atom. The standard InChI is InChI=1S/C18H21ClN4O/c19-15-5-2-1-4-14(15)16-6-3-7-23(16)18-12-17(20-13-21-18)22-8-10-24-11-9-22/h1-2,4-5,12-13,16H,3,6-11H2. The van der Waals surface area contributed by atoms with Gasteiger partial charge in [0.15, 0.2) is 0 Å². The minimum atomic E-state index is 0.283. The van der Waals surface area contributed by atoms with Crippen molar-refractivity contribution in [1.29, 1.82) is 0 Å². The molecule has 0 amide bonds. The third-order valence-corrected chi connectivity index (χ3v) is 5.13. The lowest BCUT2D eigenvalue weighted by atomic mass is 10.0. The van der Waals surface area contributed by atoms with Gasteiger partial charge in [-0.2, -0.15) is 0 Å². The van der Waals surface area contributed by atoms with Crippen LogP contribution in [0.25, 0.3) is 0 Å². The van der Waals surface area contributed by atoms with Crippen molar-refractivity contribution in [2.75, 3.05) is 42.6 Å². The van der Waals surface area contributed by atoms with Gasteiger partial charge in [0, 0.05) is 30.7 Å². The summed E-state index contributed by atoms with van der Waals surface area (Å²) in [7, 11) is 0. The van der Waals surface area contributed by atoms with Crippen LogP contribution in [0.15, 0.2) is 36.7 Å². The van der Waals surface area contributed by atoms with Crippen LogP contribution in [0.1, 0.15) is 24.4 Å². The Morgan fingerprint density at radius 1 is 1.04 bits per heavy atom. The van der Waals surface area contributed by atoms with E-state index in [4.69, 9.17) is 16.3 Å². The van der Waals surface area contributed by atoms with Gasteiger partial charge in [-0.3, -0.25) is 0 Å². The molecule has 2 aromatic rings. The van der Waals surface area contributed by atoms with Crippen molar-refractivity contribution >= 4 is 23.2 Å². The summed E-state index contributed by atoms with van der Waals surface area (Å²) in [6, 6.07) is 10.5. The van der Waals surface area contributed by atoms with Crippen molar-refractivity contribution in [2.24, 2.45) is 0 Å². The monoisotopic (exact) mass is 344 g/mol. The van der Waals surface area contributed by atoms with E-state index in [1.165, 1.54) is 5.56 Å². The average molecular weight is 345 g/mol. The number of halogens is 1. The highest BCUT2D eigenvalue weighted by Crippen LogP contribution is 2.38. The molecule has 3 heterocycles. The van der Waals surface area contributed by atoms with Gasteiger partial charge in [-0.1, -0.05) is 29.8 Å². The molecule has 1 aromatic heterocycles. The van der Waals surface area contributed by atoms with Crippen molar-refractivity contribution in [3.63, 3.8) is 0 Å². The SMILES string of the molecule is Clc1ccccc1C1CCCN1c1cc(N2CCOCC2)ncn1. The van der Waals surface area contributed by atoms with E-state index in [2.05, 4.69) is 38.0 Å². The van der Waals surface area contributed by atoms with E-state index in [9.17, 15) is 0 Å². The molecule has 0 bridgehead atoms. The number of nitrogens with zero attached hydrogens (tertiary/aromatic N) is 4. The number of hydrogen-bond donors (Lipinski definition) is 0. The van der Waals surface area contributed by atoms with E-state index in [0.29, 0.717) is 0 Å². The van der Waals surface area contributed by atoms with Crippen LogP contribution >= 0.6 is 11.6 Å². The first-order chi connectivity index (χ1) is 11.8. The van der Waals surface area contributed by atoms with E-state index in [1.807, 2.05) is 12.1 Å². The van der Waals surface area contributed by atoms with E-state index < -0.39 is 0 Å². The topological polar surface area (TPSA) is 41.5 Å². The van der Waals surface area contributed by atoms with Crippen molar-refractivity contribution in [1.82, 2.24) is 9.97 Å². The maximum Gasteiger partial charge on any atom is 0.134 e. The lowest BCUT2D eigenvalue weighted by molar-refractivity contribution is 0.122. The smallest absolute Gasteiger partial charge is 0.134 e. The molecule has 0 radical (unpaired) electrons. The number of rotatable bonds is 3. The van der Waals surface area contributed by atoms with E-state index in [0.717, 1.165) is 62.3 Å². The summed E-state index contributed by atoms with van der Waals surface area (Å²) in [6.07, 6.45) is 3.91. The summed E-state index contributed by atoms with van der Waals surface area (Å²) < 4.78 is 5.43. The van der Waals surface area contributed by atoms with Crippen LogP contribution < -0.4 is 9.80 Å². The molecule has 0 saturated carbocycles. The zero-order chi connectivity index (χ0) is 16.4. The summed E-state index contributed by atoms with van der Waals surface area (Å²) in [4.78, 5) is 13.6. The Morgan fingerprint density at radius 2 is 1.83 bits per heavy atom. The second-order valence-electron chi connectivity index (χ2n) is 6.21. The normalized spacial score (nSPS) is 21.3. The van der Waals surface area contributed by atoms with Crippen molar-refractivity contribution in [3.8, 4) is 0 Å². The van der Waals surface area contributed by atoms with E-state index in [-0.39, 0.29) is 6.04 Å². The zero-order valence-corrected chi connectivity index (χ0v) is 14.3. The zero-order valence-electron chi connectivity index (χ0n) is 13.6. The van der Waals surface area contributed by atoms with Crippen LogP contribution in [0.4, 0.5) is 11.6 Å². The molecule has 2 fully saturated rings. The first-order valence-electron chi connectivity index (χ1n) is 8.49. The number of anilines is 2. The molecule has 1 aromatic carbocycles. The van der Waals surface area contributed by atoms with Gasteiger partial charge >= 0.3 is 0 Å². The van der Waals surface area contributed by atoms with Crippen LogP contribution in [-0.4, -0.2) is 42.8 Å². The lowest BCUT2D eigenvalue weighted by Crippen LogP contribution is -2.37. The molecule has 2 saturated heterocycles. The van der Waals surface area contributed by atoms with Gasteiger partial charge in [-0.05, 0) is 24.5 Å². The number of morpholine rings is 1. The highest BCUT2D eigenvalue weighted by atomic mass is 35.5. The lowest BCUT2D eigenvalue weighted by Gasteiger charge is -2.30. The van der Waals surface area contributed by atoms with Gasteiger partial charge in [-0.15, -0.1) is 0 Å². The first kappa shape index (κ1) is 15.7. The summed E-state index contributed by atoms with van der Waals surface area (Å²) in [6.45, 7) is 4.26. The molecule has 5 nitrogen and oxygen atoms in total. The maximum absolute atomic E-state index is 6.43. The second-order valence-corrected chi connectivity index (χ2v) is 6.61. The fourth-order valence-electron chi connectivity index (χ4n) is 3.57. The first-order valence-corrected chi connectivity index (χ1v) is 8.86. The van der Waals surface area contributed by atoms with Crippen LogP contribution in [0, 0.1) is 0 Å². The van der Waals surface area contributed by atoms with Gasteiger partial charge in [0.25, 0.3) is 0 Å². The van der Waals surface area contributed by atoms with Gasteiger partial charge in [0.2, 0.25) is 0 Å². The summed E-state index contributed by atoms with van der Waals surface area (Å²) >= 11 is 6.43. The maximum atomic E-state index is 6.43.